The van der Waals surface area contributed by atoms with Crippen molar-refractivity contribution in [1.29, 1.82) is 0 Å². The van der Waals surface area contributed by atoms with E-state index in [-0.39, 0.29) is 0 Å². The average Bonchev–Trinajstić information content (AvgIpc) is 2.39. The Kier molecular flexibility index (Phi) is 7.75. The maximum atomic E-state index is 5.70. The molecule has 0 saturated carbocycles. The molecule has 0 radical (unpaired) electrons. The second-order valence-corrected chi connectivity index (χ2v) is 5.84. The summed E-state index contributed by atoms with van der Waals surface area (Å²) in [4.78, 5) is 0. The van der Waals surface area contributed by atoms with Crippen molar-refractivity contribution in [2.45, 2.75) is 20.4 Å². The maximum absolute atomic E-state index is 5.70. The average molecular weight is 283 g/mol. The number of nitrogens with one attached hydrogen (secondary N) is 1. The number of benzene rings is 1. The summed E-state index contributed by atoms with van der Waals surface area (Å²) in [6.07, 6.45) is 2.07. The van der Waals surface area contributed by atoms with Gasteiger partial charge in [-0.2, -0.15) is 11.8 Å². The molecule has 108 valence electrons. The van der Waals surface area contributed by atoms with Crippen LogP contribution in [0.5, 0.6) is 11.5 Å². The van der Waals surface area contributed by atoms with Gasteiger partial charge in [0.2, 0.25) is 0 Å². The van der Waals surface area contributed by atoms with Crippen LogP contribution in [0.1, 0.15) is 19.4 Å². The Balaban J connectivity index is 2.56. The first kappa shape index (κ1) is 16.2. The molecule has 0 spiro atoms. The number of methoxy groups -OCH3 is 1. The molecule has 0 bridgehead atoms. The lowest BCUT2D eigenvalue weighted by molar-refractivity contribution is 0.313. The summed E-state index contributed by atoms with van der Waals surface area (Å²) in [5, 5.41) is 3.42. The Labute approximate surface area is 121 Å². The van der Waals surface area contributed by atoms with Gasteiger partial charge in [0.15, 0.2) is 11.5 Å². The maximum Gasteiger partial charge on any atom is 0.161 e. The van der Waals surface area contributed by atoms with Gasteiger partial charge in [-0.05, 0) is 36.4 Å². The van der Waals surface area contributed by atoms with E-state index in [1.165, 1.54) is 5.56 Å². The van der Waals surface area contributed by atoms with Gasteiger partial charge in [-0.25, -0.2) is 0 Å². The molecule has 0 saturated heterocycles. The molecule has 0 aliphatic carbocycles. The van der Waals surface area contributed by atoms with Crippen LogP contribution in [0, 0.1) is 5.92 Å². The van der Waals surface area contributed by atoms with Gasteiger partial charge in [0.05, 0.1) is 13.7 Å². The Bertz CT molecular complexity index is 369. The molecule has 1 rings (SSSR count). The highest BCUT2D eigenvalue weighted by atomic mass is 32.2. The lowest BCUT2D eigenvalue weighted by Gasteiger charge is -2.13. The zero-order valence-electron chi connectivity index (χ0n) is 12.4. The number of hydrogen-bond donors (Lipinski definition) is 1. The van der Waals surface area contributed by atoms with Gasteiger partial charge in [-0.1, -0.05) is 19.9 Å². The van der Waals surface area contributed by atoms with E-state index in [9.17, 15) is 0 Å². The summed E-state index contributed by atoms with van der Waals surface area (Å²) in [5.41, 5.74) is 1.22. The molecule has 3 nitrogen and oxygen atoms in total. The summed E-state index contributed by atoms with van der Waals surface area (Å²) >= 11 is 1.78. The molecule has 1 aromatic rings. The van der Waals surface area contributed by atoms with Crippen LogP contribution < -0.4 is 14.8 Å². The minimum atomic E-state index is 0.663. The summed E-state index contributed by atoms with van der Waals surface area (Å²) in [6, 6.07) is 6.12. The van der Waals surface area contributed by atoms with Crippen molar-refractivity contribution in [2.24, 2.45) is 5.92 Å². The largest absolute Gasteiger partial charge is 0.493 e. The van der Waals surface area contributed by atoms with Crippen LogP contribution in [-0.2, 0) is 6.54 Å². The first-order valence-corrected chi connectivity index (χ1v) is 8.06. The number of hydrogen-bond acceptors (Lipinski definition) is 4. The quantitative estimate of drug-likeness (QED) is 0.705. The van der Waals surface area contributed by atoms with Crippen molar-refractivity contribution in [3.8, 4) is 11.5 Å². The van der Waals surface area contributed by atoms with Gasteiger partial charge < -0.3 is 14.8 Å². The van der Waals surface area contributed by atoms with Crippen molar-refractivity contribution in [2.75, 3.05) is 32.3 Å². The first-order valence-electron chi connectivity index (χ1n) is 6.66. The van der Waals surface area contributed by atoms with Crippen LogP contribution in [-0.4, -0.2) is 32.3 Å². The molecule has 0 aliphatic heterocycles. The predicted molar refractivity (Wildman–Crippen MR) is 83.4 cm³/mol. The standard InChI is InChI=1S/C15H25NO2S/c1-12(2)10-16-11-13-5-6-14(15(9-13)17-3)18-7-8-19-4/h5-6,9,12,16H,7-8,10-11H2,1-4H3. The van der Waals surface area contributed by atoms with Crippen molar-refractivity contribution in [1.82, 2.24) is 5.32 Å². The number of rotatable bonds is 9. The van der Waals surface area contributed by atoms with Gasteiger partial charge in [-0.15, -0.1) is 0 Å². The number of ether oxygens (including phenoxy) is 2. The van der Waals surface area contributed by atoms with Gasteiger partial charge in [-0.3, -0.25) is 0 Å². The normalized spacial score (nSPS) is 10.8. The van der Waals surface area contributed by atoms with Crippen molar-refractivity contribution < 1.29 is 9.47 Å². The second-order valence-electron chi connectivity index (χ2n) is 4.85. The van der Waals surface area contributed by atoms with Crippen LogP contribution in [0.3, 0.4) is 0 Å². The van der Waals surface area contributed by atoms with Gasteiger partial charge in [0.1, 0.15) is 0 Å². The number of thioether (sulfide) groups is 1. The van der Waals surface area contributed by atoms with Crippen LogP contribution in [0.25, 0.3) is 0 Å². The molecule has 4 heteroatoms. The van der Waals surface area contributed by atoms with E-state index in [1.807, 2.05) is 12.1 Å². The molecule has 0 unspecified atom stereocenters. The zero-order valence-corrected chi connectivity index (χ0v) is 13.2. The molecular weight excluding hydrogens is 258 g/mol. The smallest absolute Gasteiger partial charge is 0.161 e. The third kappa shape index (κ3) is 6.21. The molecule has 19 heavy (non-hydrogen) atoms. The minimum absolute atomic E-state index is 0.663. The highest BCUT2D eigenvalue weighted by Crippen LogP contribution is 2.28. The summed E-state index contributed by atoms with van der Waals surface area (Å²) in [7, 11) is 1.68. The molecule has 0 heterocycles. The monoisotopic (exact) mass is 283 g/mol. The van der Waals surface area contributed by atoms with Crippen LogP contribution in [0.2, 0.25) is 0 Å². The molecular formula is C15H25NO2S. The summed E-state index contributed by atoms with van der Waals surface area (Å²) in [6.45, 7) is 7.00. The van der Waals surface area contributed by atoms with E-state index in [0.29, 0.717) is 12.5 Å². The summed E-state index contributed by atoms with van der Waals surface area (Å²) < 4.78 is 11.1. The van der Waals surface area contributed by atoms with Crippen LogP contribution in [0.15, 0.2) is 18.2 Å². The fourth-order valence-electron chi connectivity index (χ4n) is 1.68. The minimum Gasteiger partial charge on any atom is -0.493 e. The van der Waals surface area contributed by atoms with Crippen LogP contribution in [0.4, 0.5) is 0 Å². The Morgan fingerprint density at radius 2 is 2.05 bits per heavy atom. The molecule has 1 aromatic carbocycles. The van der Waals surface area contributed by atoms with E-state index in [2.05, 4.69) is 31.5 Å². The van der Waals surface area contributed by atoms with Crippen molar-refractivity contribution >= 4 is 11.8 Å². The third-order valence-corrected chi connectivity index (χ3v) is 3.23. The zero-order chi connectivity index (χ0) is 14.1. The van der Waals surface area contributed by atoms with Crippen LogP contribution >= 0.6 is 11.8 Å². The van der Waals surface area contributed by atoms with E-state index < -0.39 is 0 Å². The fourth-order valence-corrected chi connectivity index (χ4v) is 1.93. The fraction of sp³-hybridized carbons (Fsp3) is 0.600. The third-order valence-electron chi connectivity index (χ3n) is 2.65. The van der Waals surface area contributed by atoms with Gasteiger partial charge >= 0.3 is 0 Å². The molecule has 0 amide bonds. The van der Waals surface area contributed by atoms with Crippen molar-refractivity contribution in [3.63, 3.8) is 0 Å². The van der Waals surface area contributed by atoms with Crippen molar-refractivity contribution in [3.05, 3.63) is 23.8 Å². The Hall–Kier alpha value is -0.870. The molecule has 0 atom stereocenters. The topological polar surface area (TPSA) is 30.5 Å². The molecule has 0 fully saturated rings. The van der Waals surface area contributed by atoms with E-state index >= 15 is 0 Å². The highest BCUT2D eigenvalue weighted by Gasteiger charge is 2.05. The van der Waals surface area contributed by atoms with E-state index in [1.54, 1.807) is 18.9 Å². The SMILES string of the molecule is COc1cc(CNCC(C)C)ccc1OCCSC. The predicted octanol–water partition coefficient (Wildman–Crippen LogP) is 3.18. The molecule has 0 aliphatic rings. The lowest BCUT2D eigenvalue weighted by atomic mass is 10.2. The van der Waals surface area contributed by atoms with Gasteiger partial charge in [0, 0.05) is 12.3 Å². The second kappa shape index (κ2) is 9.10. The lowest BCUT2D eigenvalue weighted by Crippen LogP contribution is -2.18. The van der Waals surface area contributed by atoms with Gasteiger partial charge in [0.25, 0.3) is 0 Å². The molecule has 1 N–H and O–H groups in total. The highest BCUT2D eigenvalue weighted by molar-refractivity contribution is 7.98. The van der Waals surface area contributed by atoms with E-state index in [4.69, 9.17) is 9.47 Å². The Morgan fingerprint density at radius 3 is 2.68 bits per heavy atom. The molecule has 0 aromatic heterocycles. The first-order chi connectivity index (χ1) is 9.17. The summed E-state index contributed by atoms with van der Waals surface area (Å²) in [5.74, 6) is 3.28. The van der Waals surface area contributed by atoms with E-state index in [0.717, 1.165) is 30.3 Å². The Morgan fingerprint density at radius 1 is 1.26 bits per heavy atom.